The van der Waals surface area contributed by atoms with Crippen molar-refractivity contribution in [1.82, 2.24) is 4.98 Å². The average molecular weight is 265 g/mol. The zero-order valence-corrected chi connectivity index (χ0v) is 9.44. The third kappa shape index (κ3) is 2.47. The first-order valence-electron chi connectivity index (χ1n) is 4.40. The molecular formula is C11H9BrN2O. The number of hydrogen-bond donors (Lipinski definition) is 1. The van der Waals surface area contributed by atoms with Gasteiger partial charge in [-0.3, -0.25) is 0 Å². The number of rotatable bonds is 2. The Bertz CT molecular complexity index is 459. The van der Waals surface area contributed by atoms with Crippen LogP contribution in [0.15, 0.2) is 47.1 Å². The molecular weight excluding hydrogens is 256 g/mol. The number of hydrogen-bond acceptors (Lipinski definition) is 3. The Labute approximate surface area is 96.0 Å². The van der Waals surface area contributed by atoms with E-state index in [-0.39, 0.29) is 0 Å². The molecule has 0 saturated heterocycles. The standard InChI is InChI=1S/C11H9BrN2O/c12-10-7-6-9(13)11(14-10)15-8-4-2-1-3-5-8/h1-7H,13H2. The highest BCUT2D eigenvalue weighted by molar-refractivity contribution is 9.10. The summed E-state index contributed by atoms with van der Waals surface area (Å²) >= 11 is 3.26. The molecule has 0 aliphatic heterocycles. The quantitative estimate of drug-likeness (QED) is 0.848. The van der Waals surface area contributed by atoms with Crippen molar-refractivity contribution >= 4 is 21.6 Å². The Morgan fingerprint density at radius 3 is 2.53 bits per heavy atom. The van der Waals surface area contributed by atoms with Crippen LogP contribution >= 0.6 is 15.9 Å². The fourth-order valence-electron chi connectivity index (χ4n) is 1.11. The van der Waals surface area contributed by atoms with Crippen LogP contribution in [-0.2, 0) is 0 Å². The van der Waals surface area contributed by atoms with Crippen molar-refractivity contribution in [3.05, 3.63) is 47.1 Å². The third-order valence-corrected chi connectivity index (χ3v) is 2.26. The second kappa shape index (κ2) is 4.31. The van der Waals surface area contributed by atoms with E-state index >= 15 is 0 Å². The Hall–Kier alpha value is -1.55. The molecule has 0 saturated carbocycles. The maximum atomic E-state index is 5.73. The number of nitrogen functional groups attached to an aromatic ring is 1. The molecule has 0 radical (unpaired) electrons. The van der Waals surface area contributed by atoms with Gasteiger partial charge in [-0.2, -0.15) is 0 Å². The lowest BCUT2D eigenvalue weighted by Crippen LogP contribution is -1.94. The highest BCUT2D eigenvalue weighted by Gasteiger charge is 2.03. The van der Waals surface area contributed by atoms with Crippen molar-refractivity contribution in [3.8, 4) is 11.6 Å². The first-order valence-corrected chi connectivity index (χ1v) is 5.20. The van der Waals surface area contributed by atoms with Crippen LogP contribution in [0.5, 0.6) is 11.6 Å². The van der Waals surface area contributed by atoms with Crippen molar-refractivity contribution in [3.63, 3.8) is 0 Å². The van der Waals surface area contributed by atoms with E-state index < -0.39 is 0 Å². The fraction of sp³-hybridized carbons (Fsp3) is 0. The van der Waals surface area contributed by atoms with E-state index in [1.807, 2.05) is 30.3 Å². The predicted molar refractivity (Wildman–Crippen MR) is 62.9 cm³/mol. The minimum absolute atomic E-state index is 0.413. The number of halogens is 1. The SMILES string of the molecule is Nc1ccc(Br)nc1Oc1ccccc1. The van der Waals surface area contributed by atoms with Crippen molar-refractivity contribution in [2.45, 2.75) is 0 Å². The normalized spacial score (nSPS) is 9.93. The van der Waals surface area contributed by atoms with E-state index in [4.69, 9.17) is 10.5 Å². The molecule has 1 heterocycles. The minimum Gasteiger partial charge on any atom is -0.437 e. The van der Waals surface area contributed by atoms with Crippen molar-refractivity contribution < 1.29 is 4.74 Å². The molecule has 2 N–H and O–H groups in total. The van der Waals surface area contributed by atoms with Gasteiger partial charge in [-0.05, 0) is 40.2 Å². The van der Waals surface area contributed by atoms with E-state index in [1.54, 1.807) is 12.1 Å². The molecule has 0 amide bonds. The number of nitrogens with zero attached hydrogens (tertiary/aromatic N) is 1. The largest absolute Gasteiger partial charge is 0.437 e. The molecule has 0 aliphatic carbocycles. The van der Waals surface area contributed by atoms with Gasteiger partial charge >= 0.3 is 0 Å². The number of anilines is 1. The molecule has 76 valence electrons. The molecule has 0 atom stereocenters. The molecule has 2 aromatic rings. The summed E-state index contributed by atoms with van der Waals surface area (Å²) in [5.74, 6) is 1.13. The number of pyridine rings is 1. The first-order chi connectivity index (χ1) is 7.25. The molecule has 0 aliphatic rings. The summed E-state index contributed by atoms with van der Waals surface area (Å²) in [4.78, 5) is 4.14. The molecule has 1 aromatic heterocycles. The van der Waals surface area contributed by atoms with Gasteiger partial charge in [0.25, 0.3) is 0 Å². The van der Waals surface area contributed by atoms with Crippen LogP contribution in [0, 0.1) is 0 Å². The Morgan fingerprint density at radius 1 is 1.07 bits per heavy atom. The van der Waals surface area contributed by atoms with Gasteiger partial charge in [-0.25, -0.2) is 4.98 Å². The fourth-order valence-corrected chi connectivity index (χ4v) is 1.40. The van der Waals surface area contributed by atoms with Gasteiger partial charge in [0.05, 0.1) is 5.69 Å². The second-order valence-corrected chi connectivity index (χ2v) is 3.76. The topological polar surface area (TPSA) is 48.1 Å². The highest BCUT2D eigenvalue weighted by atomic mass is 79.9. The Morgan fingerprint density at radius 2 is 1.80 bits per heavy atom. The highest BCUT2D eigenvalue weighted by Crippen LogP contribution is 2.26. The Balaban J connectivity index is 2.28. The van der Waals surface area contributed by atoms with Crippen molar-refractivity contribution in [2.24, 2.45) is 0 Å². The second-order valence-electron chi connectivity index (χ2n) is 2.94. The van der Waals surface area contributed by atoms with Crippen LogP contribution in [-0.4, -0.2) is 4.98 Å². The van der Waals surface area contributed by atoms with Gasteiger partial charge in [0.1, 0.15) is 10.4 Å². The van der Waals surface area contributed by atoms with E-state index in [9.17, 15) is 0 Å². The number of nitrogens with two attached hydrogens (primary N) is 1. The molecule has 0 unspecified atom stereocenters. The lowest BCUT2D eigenvalue weighted by atomic mass is 10.3. The minimum atomic E-state index is 0.413. The lowest BCUT2D eigenvalue weighted by Gasteiger charge is -2.06. The smallest absolute Gasteiger partial charge is 0.243 e. The first kappa shape index (κ1) is 9.98. The number of benzene rings is 1. The zero-order valence-electron chi connectivity index (χ0n) is 7.85. The van der Waals surface area contributed by atoms with E-state index in [1.165, 1.54) is 0 Å². The predicted octanol–water partition coefficient (Wildman–Crippen LogP) is 3.22. The summed E-state index contributed by atoms with van der Waals surface area (Å²) in [6.07, 6.45) is 0. The van der Waals surface area contributed by atoms with E-state index in [2.05, 4.69) is 20.9 Å². The van der Waals surface area contributed by atoms with Crippen molar-refractivity contribution in [2.75, 3.05) is 5.73 Å². The number of aromatic nitrogens is 1. The van der Waals surface area contributed by atoms with E-state index in [0.717, 1.165) is 5.75 Å². The van der Waals surface area contributed by atoms with E-state index in [0.29, 0.717) is 16.2 Å². The molecule has 0 spiro atoms. The molecule has 15 heavy (non-hydrogen) atoms. The Kier molecular flexibility index (Phi) is 2.87. The summed E-state index contributed by atoms with van der Waals surface area (Å²) in [6, 6.07) is 12.9. The van der Waals surface area contributed by atoms with Crippen LogP contribution in [0.2, 0.25) is 0 Å². The molecule has 4 heteroatoms. The number of ether oxygens (including phenoxy) is 1. The van der Waals surface area contributed by atoms with Crippen LogP contribution in [0.4, 0.5) is 5.69 Å². The molecule has 0 fully saturated rings. The zero-order chi connectivity index (χ0) is 10.7. The maximum absolute atomic E-state index is 5.73. The summed E-state index contributed by atoms with van der Waals surface area (Å²) < 4.78 is 6.22. The molecule has 3 nitrogen and oxygen atoms in total. The van der Waals surface area contributed by atoms with Gasteiger partial charge < -0.3 is 10.5 Å². The maximum Gasteiger partial charge on any atom is 0.243 e. The summed E-state index contributed by atoms with van der Waals surface area (Å²) in [5.41, 5.74) is 6.24. The van der Waals surface area contributed by atoms with Gasteiger partial charge in [0.15, 0.2) is 0 Å². The average Bonchev–Trinajstić information content (AvgIpc) is 2.25. The summed E-state index contributed by atoms with van der Waals surface area (Å²) in [6.45, 7) is 0. The monoisotopic (exact) mass is 264 g/mol. The summed E-state index contributed by atoms with van der Waals surface area (Å²) in [7, 11) is 0. The molecule has 0 bridgehead atoms. The van der Waals surface area contributed by atoms with Gasteiger partial charge in [-0.1, -0.05) is 18.2 Å². The molecule has 2 rings (SSSR count). The van der Waals surface area contributed by atoms with Crippen molar-refractivity contribution in [1.29, 1.82) is 0 Å². The van der Waals surface area contributed by atoms with Crippen LogP contribution in [0.1, 0.15) is 0 Å². The lowest BCUT2D eigenvalue weighted by molar-refractivity contribution is 0.464. The van der Waals surface area contributed by atoms with Crippen LogP contribution < -0.4 is 10.5 Å². The summed E-state index contributed by atoms with van der Waals surface area (Å²) in [5, 5.41) is 0. The van der Waals surface area contributed by atoms with Gasteiger partial charge in [0, 0.05) is 0 Å². The molecule has 1 aromatic carbocycles. The van der Waals surface area contributed by atoms with Gasteiger partial charge in [0.2, 0.25) is 5.88 Å². The van der Waals surface area contributed by atoms with Crippen LogP contribution in [0.3, 0.4) is 0 Å². The van der Waals surface area contributed by atoms with Crippen LogP contribution in [0.25, 0.3) is 0 Å². The number of para-hydroxylation sites is 1. The third-order valence-electron chi connectivity index (χ3n) is 1.81. The van der Waals surface area contributed by atoms with Gasteiger partial charge in [-0.15, -0.1) is 0 Å².